The fraction of sp³-hybridized carbons (Fsp3) is 0.125. The molecule has 0 atom stereocenters. The SMILES string of the molecule is COC(=O)c1ccc2c(-c3cc(Cl)ccc3O)cc(C)nn12. The molecule has 6 heteroatoms. The zero-order chi connectivity index (χ0) is 15.9. The van der Waals surface area contributed by atoms with Crippen molar-refractivity contribution in [3.05, 3.63) is 52.8 Å². The lowest BCUT2D eigenvalue weighted by Crippen LogP contribution is -2.08. The fourth-order valence-electron chi connectivity index (χ4n) is 2.41. The molecule has 22 heavy (non-hydrogen) atoms. The van der Waals surface area contributed by atoms with Gasteiger partial charge in [0.25, 0.3) is 0 Å². The van der Waals surface area contributed by atoms with Crippen molar-refractivity contribution in [2.45, 2.75) is 6.92 Å². The van der Waals surface area contributed by atoms with Crippen molar-refractivity contribution in [1.29, 1.82) is 0 Å². The van der Waals surface area contributed by atoms with Gasteiger partial charge in [-0.25, -0.2) is 9.31 Å². The third-order valence-corrected chi connectivity index (χ3v) is 3.62. The molecule has 0 aliphatic carbocycles. The zero-order valence-corrected chi connectivity index (χ0v) is 12.8. The molecule has 2 aromatic heterocycles. The number of carbonyl (C=O) groups excluding carboxylic acids is 1. The number of aromatic nitrogens is 2. The maximum Gasteiger partial charge on any atom is 0.356 e. The van der Waals surface area contributed by atoms with Crippen LogP contribution in [0.1, 0.15) is 16.2 Å². The Bertz CT molecular complexity index is 886. The van der Waals surface area contributed by atoms with Crippen LogP contribution < -0.4 is 0 Å². The van der Waals surface area contributed by atoms with Gasteiger partial charge in [0.15, 0.2) is 5.69 Å². The maximum atomic E-state index is 11.8. The number of ether oxygens (including phenoxy) is 1. The van der Waals surface area contributed by atoms with Gasteiger partial charge in [0.2, 0.25) is 0 Å². The number of aromatic hydroxyl groups is 1. The minimum Gasteiger partial charge on any atom is -0.507 e. The normalized spacial score (nSPS) is 10.9. The molecule has 0 amide bonds. The van der Waals surface area contributed by atoms with Gasteiger partial charge in [0.05, 0.1) is 18.3 Å². The van der Waals surface area contributed by atoms with E-state index in [1.165, 1.54) is 17.7 Å². The topological polar surface area (TPSA) is 63.8 Å². The van der Waals surface area contributed by atoms with Crippen LogP contribution in [0.5, 0.6) is 5.75 Å². The second-order valence-corrected chi connectivity index (χ2v) is 5.30. The number of rotatable bonds is 2. The summed E-state index contributed by atoms with van der Waals surface area (Å²) < 4.78 is 6.27. The summed E-state index contributed by atoms with van der Waals surface area (Å²) in [6.45, 7) is 1.81. The average Bonchev–Trinajstić information content (AvgIpc) is 2.91. The van der Waals surface area contributed by atoms with E-state index in [1.54, 1.807) is 24.3 Å². The molecule has 3 rings (SSSR count). The lowest BCUT2D eigenvalue weighted by atomic mass is 10.0. The molecule has 0 fully saturated rings. The third kappa shape index (κ3) is 2.29. The number of nitrogens with zero attached hydrogens (tertiary/aromatic N) is 2. The highest BCUT2D eigenvalue weighted by molar-refractivity contribution is 6.31. The van der Waals surface area contributed by atoms with Crippen molar-refractivity contribution < 1.29 is 14.6 Å². The van der Waals surface area contributed by atoms with Crippen LogP contribution in [0.3, 0.4) is 0 Å². The Labute approximate surface area is 131 Å². The van der Waals surface area contributed by atoms with Gasteiger partial charge in [-0.3, -0.25) is 0 Å². The summed E-state index contributed by atoms with van der Waals surface area (Å²) in [5.41, 5.74) is 3.02. The molecular formula is C16H13ClN2O3. The second kappa shape index (κ2) is 5.35. The first-order chi connectivity index (χ1) is 10.5. The Morgan fingerprint density at radius 3 is 2.73 bits per heavy atom. The molecule has 2 heterocycles. The molecular weight excluding hydrogens is 304 g/mol. The first-order valence-corrected chi connectivity index (χ1v) is 6.95. The van der Waals surface area contributed by atoms with Crippen molar-refractivity contribution in [2.24, 2.45) is 0 Å². The Morgan fingerprint density at radius 2 is 2.00 bits per heavy atom. The highest BCUT2D eigenvalue weighted by Gasteiger charge is 2.17. The number of phenols is 1. The number of benzene rings is 1. The number of hydrogen-bond acceptors (Lipinski definition) is 4. The number of esters is 1. The van der Waals surface area contributed by atoms with Crippen LogP contribution in [0, 0.1) is 6.92 Å². The number of halogens is 1. The quantitative estimate of drug-likeness (QED) is 0.735. The van der Waals surface area contributed by atoms with Crippen LogP contribution in [-0.4, -0.2) is 27.8 Å². The lowest BCUT2D eigenvalue weighted by Gasteiger charge is -2.10. The number of fused-ring (bicyclic) bond motifs is 1. The summed E-state index contributed by atoms with van der Waals surface area (Å²) in [5, 5.41) is 15.0. The summed E-state index contributed by atoms with van der Waals surface area (Å²) in [5.74, 6) is -0.364. The minimum atomic E-state index is -0.473. The van der Waals surface area contributed by atoms with Crippen molar-refractivity contribution >= 4 is 23.1 Å². The van der Waals surface area contributed by atoms with Gasteiger partial charge >= 0.3 is 5.97 Å². The lowest BCUT2D eigenvalue weighted by molar-refractivity contribution is 0.0591. The predicted octanol–water partition coefficient (Wildman–Crippen LogP) is 3.46. The largest absolute Gasteiger partial charge is 0.507 e. The van der Waals surface area contributed by atoms with Crippen LogP contribution in [-0.2, 0) is 4.74 Å². The number of phenolic OH excluding ortho intramolecular Hbond substituents is 1. The van der Waals surface area contributed by atoms with E-state index in [0.717, 1.165) is 5.56 Å². The molecule has 0 unspecified atom stereocenters. The molecule has 0 spiro atoms. The first-order valence-electron chi connectivity index (χ1n) is 6.58. The van der Waals surface area contributed by atoms with E-state index in [0.29, 0.717) is 27.5 Å². The van der Waals surface area contributed by atoms with Crippen LogP contribution >= 0.6 is 11.6 Å². The maximum absolute atomic E-state index is 11.8. The van der Waals surface area contributed by atoms with E-state index in [-0.39, 0.29) is 5.75 Å². The van der Waals surface area contributed by atoms with E-state index in [9.17, 15) is 9.90 Å². The zero-order valence-electron chi connectivity index (χ0n) is 12.0. The van der Waals surface area contributed by atoms with Crippen molar-refractivity contribution in [3.63, 3.8) is 0 Å². The number of carbonyl (C=O) groups is 1. The van der Waals surface area contributed by atoms with Crippen LogP contribution in [0.2, 0.25) is 5.02 Å². The van der Waals surface area contributed by atoms with Crippen LogP contribution in [0.25, 0.3) is 16.6 Å². The Morgan fingerprint density at radius 1 is 1.23 bits per heavy atom. The molecule has 0 aliphatic heterocycles. The van der Waals surface area contributed by atoms with Gasteiger partial charge in [-0.1, -0.05) is 11.6 Å². The molecule has 0 aliphatic rings. The highest BCUT2D eigenvalue weighted by Crippen LogP contribution is 2.35. The van der Waals surface area contributed by atoms with Gasteiger partial charge in [0.1, 0.15) is 5.75 Å². The number of hydrogen-bond donors (Lipinski definition) is 1. The molecule has 1 aromatic carbocycles. The molecule has 0 saturated heterocycles. The smallest absolute Gasteiger partial charge is 0.356 e. The van der Waals surface area contributed by atoms with E-state index in [4.69, 9.17) is 16.3 Å². The molecule has 1 N–H and O–H groups in total. The Hall–Kier alpha value is -2.53. The molecule has 112 valence electrons. The number of aryl methyl sites for hydroxylation is 1. The van der Waals surface area contributed by atoms with E-state index in [2.05, 4.69) is 5.10 Å². The van der Waals surface area contributed by atoms with Gasteiger partial charge in [-0.05, 0) is 43.3 Å². The second-order valence-electron chi connectivity index (χ2n) is 4.87. The van der Waals surface area contributed by atoms with Crippen LogP contribution in [0.15, 0.2) is 36.4 Å². The van der Waals surface area contributed by atoms with Crippen molar-refractivity contribution in [2.75, 3.05) is 7.11 Å². The summed E-state index contributed by atoms with van der Waals surface area (Å²) in [7, 11) is 1.32. The fourth-order valence-corrected chi connectivity index (χ4v) is 2.58. The van der Waals surface area contributed by atoms with Gasteiger partial charge in [-0.15, -0.1) is 0 Å². The average molecular weight is 317 g/mol. The minimum absolute atomic E-state index is 0.109. The molecule has 5 nitrogen and oxygen atoms in total. The molecule has 0 saturated carbocycles. The van der Waals surface area contributed by atoms with Crippen LogP contribution in [0.4, 0.5) is 0 Å². The number of methoxy groups -OCH3 is 1. The Balaban J connectivity index is 2.33. The van der Waals surface area contributed by atoms with E-state index in [1.807, 2.05) is 13.0 Å². The summed E-state index contributed by atoms with van der Waals surface area (Å²) in [4.78, 5) is 11.8. The van der Waals surface area contributed by atoms with Gasteiger partial charge in [-0.2, -0.15) is 5.10 Å². The predicted molar refractivity (Wildman–Crippen MR) is 83.4 cm³/mol. The summed E-state index contributed by atoms with van der Waals surface area (Å²) >= 11 is 6.03. The molecule has 3 aromatic rings. The first kappa shape index (κ1) is 14.4. The van der Waals surface area contributed by atoms with Gasteiger partial charge in [0, 0.05) is 16.1 Å². The monoisotopic (exact) mass is 316 g/mol. The third-order valence-electron chi connectivity index (χ3n) is 3.39. The van der Waals surface area contributed by atoms with E-state index >= 15 is 0 Å². The summed E-state index contributed by atoms with van der Waals surface area (Å²) in [6, 6.07) is 10.1. The Kier molecular flexibility index (Phi) is 3.50. The van der Waals surface area contributed by atoms with Gasteiger partial charge < -0.3 is 9.84 Å². The molecule has 0 bridgehead atoms. The van der Waals surface area contributed by atoms with Crippen molar-refractivity contribution in [1.82, 2.24) is 9.61 Å². The molecule has 0 radical (unpaired) electrons. The summed E-state index contributed by atoms with van der Waals surface area (Å²) in [6.07, 6.45) is 0. The van der Waals surface area contributed by atoms with Crippen molar-refractivity contribution in [3.8, 4) is 16.9 Å². The highest BCUT2D eigenvalue weighted by atomic mass is 35.5. The standard InChI is InChI=1S/C16H13ClN2O3/c1-9-7-11(12-8-10(17)3-6-15(12)20)13-4-5-14(16(21)22-2)19(13)18-9/h3-8,20H,1-2H3. The van der Waals surface area contributed by atoms with E-state index < -0.39 is 5.97 Å².